The van der Waals surface area contributed by atoms with Gasteiger partial charge in [0, 0.05) is 12.6 Å². The molecule has 0 saturated carbocycles. The molecule has 0 bridgehead atoms. The molecule has 1 saturated heterocycles. The Morgan fingerprint density at radius 3 is 2.73 bits per heavy atom. The van der Waals surface area contributed by atoms with E-state index in [9.17, 15) is 14.3 Å². The lowest BCUT2D eigenvalue weighted by molar-refractivity contribution is -0.117. The number of nitrogens with one attached hydrogen (secondary N) is 2. The quantitative estimate of drug-likeness (QED) is 0.656. The summed E-state index contributed by atoms with van der Waals surface area (Å²) < 4.78 is 28.6. The first-order chi connectivity index (χ1) is 12.5. The number of carbonyl (C=O) groups excluding carboxylic acids is 1. The van der Waals surface area contributed by atoms with E-state index in [-0.39, 0.29) is 30.4 Å². The Morgan fingerprint density at radius 1 is 1.35 bits per heavy atom. The molecule has 1 aliphatic heterocycles. The van der Waals surface area contributed by atoms with Crippen molar-refractivity contribution in [1.82, 2.24) is 9.71 Å². The van der Waals surface area contributed by atoms with Crippen molar-refractivity contribution in [2.45, 2.75) is 6.54 Å². The third-order valence-corrected chi connectivity index (χ3v) is 4.51. The van der Waals surface area contributed by atoms with Crippen LogP contribution in [-0.2, 0) is 11.3 Å². The standard InChI is InChI=1S/C16H17FN4O4S/c1-24-12-5-14(19-7-13(12)25-2)18-6-9-3-10(17)16(11(22)4-9)21-8-15(23)20-26-21/h3-5,7,22H,6,8H2,1-2H3,(H,18,19)(H,20,23). The Balaban J connectivity index is 1.74. The molecule has 1 aromatic carbocycles. The Morgan fingerprint density at radius 2 is 2.12 bits per heavy atom. The van der Waals surface area contributed by atoms with Gasteiger partial charge in [-0.2, -0.15) is 0 Å². The predicted molar refractivity (Wildman–Crippen MR) is 95.8 cm³/mol. The lowest BCUT2D eigenvalue weighted by Gasteiger charge is -2.17. The normalized spacial score (nSPS) is 13.5. The number of hydrogen-bond donors (Lipinski definition) is 3. The smallest absolute Gasteiger partial charge is 0.251 e. The van der Waals surface area contributed by atoms with E-state index in [1.54, 1.807) is 6.07 Å². The highest BCUT2D eigenvalue weighted by molar-refractivity contribution is 7.99. The zero-order valence-corrected chi connectivity index (χ0v) is 14.9. The van der Waals surface area contributed by atoms with Gasteiger partial charge in [0.15, 0.2) is 17.3 Å². The second-order valence-corrected chi connectivity index (χ2v) is 6.20. The molecule has 1 amide bonds. The first-order valence-corrected chi connectivity index (χ1v) is 8.35. The van der Waals surface area contributed by atoms with Crippen LogP contribution in [0, 0.1) is 5.82 Å². The van der Waals surface area contributed by atoms with Crippen molar-refractivity contribution in [3.8, 4) is 17.2 Å². The van der Waals surface area contributed by atoms with E-state index in [4.69, 9.17) is 9.47 Å². The van der Waals surface area contributed by atoms with E-state index in [0.717, 1.165) is 12.1 Å². The van der Waals surface area contributed by atoms with Crippen LogP contribution >= 0.6 is 12.1 Å². The molecule has 1 aromatic heterocycles. The highest BCUT2D eigenvalue weighted by atomic mass is 32.2. The summed E-state index contributed by atoms with van der Waals surface area (Å²) in [5, 5.41) is 13.2. The predicted octanol–water partition coefficient (Wildman–Crippen LogP) is 2.05. The first kappa shape index (κ1) is 17.9. The van der Waals surface area contributed by atoms with Crippen molar-refractivity contribution in [3.63, 3.8) is 0 Å². The Labute approximate surface area is 153 Å². The van der Waals surface area contributed by atoms with Crippen molar-refractivity contribution < 1.29 is 23.8 Å². The molecular weight excluding hydrogens is 363 g/mol. The zero-order chi connectivity index (χ0) is 18.7. The minimum atomic E-state index is -0.619. The molecule has 3 N–H and O–H groups in total. The van der Waals surface area contributed by atoms with Crippen LogP contribution in [0.3, 0.4) is 0 Å². The summed E-state index contributed by atoms with van der Waals surface area (Å²) in [6, 6.07) is 4.39. The van der Waals surface area contributed by atoms with Gasteiger partial charge in [-0.15, -0.1) is 0 Å². The number of anilines is 2. The van der Waals surface area contributed by atoms with Gasteiger partial charge in [0.1, 0.15) is 23.8 Å². The lowest BCUT2D eigenvalue weighted by Crippen LogP contribution is -2.16. The van der Waals surface area contributed by atoms with Crippen LogP contribution in [0.2, 0.25) is 0 Å². The number of rotatable bonds is 6. The number of pyridine rings is 1. The van der Waals surface area contributed by atoms with Gasteiger partial charge in [0.05, 0.1) is 32.6 Å². The molecule has 0 radical (unpaired) electrons. The van der Waals surface area contributed by atoms with Gasteiger partial charge in [0.25, 0.3) is 5.91 Å². The number of phenolic OH excluding ortho intramolecular Hbond substituents is 1. The van der Waals surface area contributed by atoms with Crippen molar-refractivity contribution in [3.05, 3.63) is 35.8 Å². The maximum atomic E-state index is 14.4. The van der Waals surface area contributed by atoms with Crippen LogP contribution in [0.15, 0.2) is 24.4 Å². The highest BCUT2D eigenvalue weighted by Gasteiger charge is 2.26. The number of benzene rings is 1. The molecule has 138 valence electrons. The summed E-state index contributed by atoms with van der Waals surface area (Å²) in [7, 11) is 3.03. The fraction of sp³-hybridized carbons (Fsp3) is 0.250. The number of amides is 1. The summed E-state index contributed by atoms with van der Waals surface area (Å²) in [6.07, 6.45) is 1.51. The minimum Gasteiger partial charge on any atom is -0.506 e. The number of nitrogens with zero attached hydrogens (tertiary/aromatic N) is 2. The molecule has 0 unspecified atom stereocenters. The number of aromatic hydroxyl groups is 1. The van der Waals surface area contributed by atoms with Gasteiger partial charge in [-0.25, -0.2) is 9.37 Å². The summed E-state index contributed by atoms with van der Waals surface area (Å²) in [5.41, 5.74) is 0.491. The van der Waals surface area contributed by atoms with Crippen molar-refractivity contribution in [2.24, 2.45) is 0 Å². The fourth-order valence-corrected chi connectivity index (χ4v) is 3.17. The third-order valence-electron chi connectivity index (χ3n) is 3.65. The Bertz CT molecular complexity index is 813. The highest BCUT2D eigenvalue weighted by Crippen LogP contribution is 2.36. The van der Waals surface area contributed by atoms with Gasteiger partial charge >= 0.3 is 0 Å². The van der Waals surface area contributed by atoms with E-state index >= 15 is 0 Å². The van der Waals surface area contributed by atoms with Crippen LogP contribution in [0.4, 0.5) is 15.9 Å². The Kier molecular flexibility index (Phi) is 5.21. The third kappa shape index (κ3) is 3.69. The number of hydrogen-bond acceptors (Lipinski definition) is 8. The number of methoxy groups -OCH3 is 2. The van der Waals surface area contributed by atoms with E-state index < -0.39 is 5.82 Å². The molecule has 0 spiro atoms. The molecule has 0 atom stereocenters. The van der Waals surface area contributed by atoms with E-state index in [2.05, 4.69) is 15.0 Å². The first-order valence-electron chi connectivity index (χ1n) is 7.58. The topological polar surface area (TPSA) is 96.0 Å². The van der Waals surface area contributed by atoms with Crippen molar-refractivity contribution >= 4 is 29.5 Å². The lowest BCUT2D eigenvalue weighted by atomic mass is 10.1. The molecule has 1 aliphatic rings. The second kappa shape index (κ2) is 7.56. The van der Waals surface area contributed by atoms with Gasteiger partial charge in [0.2, 0.25) is 0 Å². The van der Waals surface area contributed by atoms with Gasteiger partial charge in [-0.1, -0.05) is 0 Å². The largest absolute Gasteiger partial charge is 0.506 e. The van der Waals surface area contributed by atoms with Crippen LogP contribution in [-0.4, -0.2) is 36.8 Å². The van der Waals surface area contributed by atoms with Gasteiger partial charge in [-0.3, -0.25) is 13.8 Å². The molecule has 10 heteroatoms. The molecule has 1 fully saturated rings. The molecule has 0 aliphatic carbocycles. The number of halogens is 1. The second-order valence-electron chi connectivity index (χ2n) is 5.38. The molecule has 8 nitrogen and oxygen atoms in total. The summed E-state index contributed by atoms with van der Waals surface area (Å²) in [5.74, 6) is 0.405. The van der Waals surface area contributed by atoms with Crippen molar-refractivity contribution in [1.29, 1.82) is 0 Å². The maximum absolute atomic E-state index is 14.4. The minimum absolute atomic E-state index is 0.0255. The van der Waals surface area contributed by atoms with Crippen LogP contribution in [0.25, 0.3) is 0 Å². The number of ether oxygens (including phenoxy) is 2. The molecule has 2 aromatic rings. The molecule has 26 heavy (non-hydrogen) atoms. The van der Waals surface area contributed by atoms with Crippen LogP contribution in [0.5, 0.6) is 17.2 Å². The van der Waals surface area contributed by atoms with Crippen LogP contribution in [0.1, 0.15) is 5.56 Å². The fourth-order valence-electron chi connectivity index (χ4n) is 2.44. The van der Waals surface area contributed by atoms with Gasteiger partial charge < -0.3 is 19.9 Å². The van der Waals surface area contributed by atoms with E-state index in [1.807, 2.05) is 0 Å². The Hall–Kier alpha value is -2.88. The maximum Gasteiger partial charge on any atom is 0.251 e. The zero-order valence-electron chi connectivity index (χ0n) is 14.1. The number of aromatic nitrogens is 1. The number of phenols is 1. The summed E-state index contributed by atoms with van der Waals surface area (Å²) >= 11 is 0.938. The van der Waals surface area contributed by atoms with Crippen LogP contribution < -0.4 is 23.8 Å². The summed E-state index contributed by atoms with van der Waals surface area (Å²) in [6.45, 7) is 0.208. The molecule has 2 heterocycles. The van der Waals surface area contributed by atoms with E-state index in [0.29, 0.717) is 22.9 Å². The average molecular weight is 380 g/mol. The average Bonchev–Trinajstić information content (AvgIpc) is 3.05. The monoisotopic (exact) mass is 380 g/mol. The van der Waals surface area contributed by atoms with E-state index in [1.165, 1.54) is 36.9 Å². The van der Waals surface area contributed by atoms with Crippen molar-refractivity contribution in [2.75, 3.05) is 30.4 Å². The molecule has 3 rings (SSSR count). The SMILES string of the molecule is COc1cnc(NCc2cc(O)c(N3CC(=O)NS3)c(F)c2)cc1OC. The summed E-state index contributed by atoms with van der Waals surface area (Å²) in [4.78, 5) is 15.4. The molecular formula is C16H17FN4O4S. The van der Waals surface area contributed by atoms with Gasteiger partial charge in [-0.05, 0) is 17.7 Å². The number of carbonyl (C=O) groups is 1.